The number of aliphatic hydroxyl groups excluding tert-OH is 1. The molecule has 24 heavy (non-hydrogen) atoms. The molecule has 2 heterocycles. The van der Waals surface area contributed by atoms with Crippen LogP contribution in [0.2, 0.25) is 0 Å². The molecule has 1 aromatic heterocycles. The second kappa shape index (κ2) is 6.84. The minimum atomic E-state index is -0.142. The topological polar surface area (TPSA) is 76.4 Å². The van der Waals surface area contributed by atoms with Gasteiger partial charge < -0.3 is 15.2 Å². The molecule has 0 unspecified atom stereocenters. The first-order valence-electron chi connectivity index (χ1n) is 9.14. The fourth-order valence-corrected chi connectivity index (χ4v) is 4.14. The molecule has 6 heteroatoms. The van der Waals surface area contributed by atoms with E-state index in [1.54, 1.807) is 4.68 Å². The third-order valence-electron chi connectivity index (χ3n) is 5.53. The Bertz CT molecular complexity index is 605. The van der Waals surface area contributed by atoms with E-state index >= 15 is 0 Å². The highest BCUT2D eigenvalue weighted by molar-refractivity contribution is 5.94. The van der Waals surface area contributed by atoms with Gasteiger partial charge in [0.1, 0.15) is 5.69 Å². The van der Waals surface area contributed by atoms with Gasteiger partial charge in [-0.05, 0) is 33.6 Å². The van der Waals surface area contributed by atoms with Crippen LogP contribution in [0.15, 0.2) is 0 Å². The zero-order valence-electron chi connectivity index (χ0n) is 15.0. The monoisotopic (exact) mass is 335 g/mol. The molecule has 1 saturated carbocycles. The SMILES string of the molecule is CCn1nc2c(c1C(=O)NCC1(CO)CCCC1)C[C@H](C)O[C@@H]2C. The number of aliphatic hydroxyl groups is 1. The molecular weight excluding hydrogens is 306 g/mol. The van der Waals surface area contributed by atoms with Crippen LogP contribution in [-0.2, 0) is 17.7 Å². The van der Waals surface area contributed by atoms with Crippen LogP contribution in [-0.4, -0.2) is 40.0 Å². The van der Waals surface area contributed by atoms with Crippen LogP contribution < -0.4 is 5.32 Å². The van der Waals surface area contributed by atoms with Gasteiger partial charge in [0.25, 0.3) is 5.91 Å². The highest BCUT2D eigenvalue weighted by Gasteiger charge is 2.35. The number of nitrogens with zero attached hydrogens (tertiary/aromatic N) is 2. The zero-order chi connectivity index (χ0) is 17.3. The Labute approximate surface area is 143 Å². The number of rotatable bonds is 5. The summed E-state index contributed by atoms with van der Waals surface area (Å²) in [5.74, 6) is -0.0772. The minimum Gasteiger partial charge on any atom is -0.396 e. The quantitative estimate of drug-likeness (QED) is 0.865. The third-order valence-corrected chi connectivity index (χ3v) is 5.53. The van der Waals surface area contributed by atoms with E-state index in [-0.39, 0.29) is 30.1 Å². The lowest BCUT2D eigenvalue weighted by Crippen LogP contribution is -2.39. The van der Waals surface area contributed by atoms with Gasteiger partial charge >= 0.3 is 0 Å². The number of aromatic nitrogens is 2. The standard InChI is InChI=1S/C18H29N3O3/c1-4-21-16(14-9-12(2)24-13(3)15(14)20-21)17(23)19-10-18(11-22)7-5-6-8-18/h12-13,22H,4-11H2,1-3H3,(H,19,23)/t12-,13+/m0/s1. The second-order valence-electron chi connectivity index (χ2n) is 7.37. The summed E-state index contributed by atoms with van der Waals surface area (Å²) in [4.78, 5) is 12.9. The smallest absolute Gasteiger partial charge is 0.269 e. The number of fused-ring (bicyclic) bond motifs is 1. The van der Waals surface area contributed by atoms with E-state index < -0.39 is 0 Å². The van der Waals surface area contributed by atoms with E-state index in [0.717, 1.165) is 36.9 Å². The van der Waals surface area contributed by atoms with Gasteiger partial charge in [0, 0.05) is 30.5 Å². The van der Waals surface area contributed by atoms with Gasteiger partial charge in [0.2, 0.25) is 0 Å². The van der Waals surface area contributed by atoms with Crippen molar-refractivity contribution in [3.05, 3.63) is 17.0 Å². The number of carbonyl (C=O) groups excluding carboxylic acids is 1. The van der Waals surface area contributed by atoms with Crippen molar-refractivity contribution < 1.29 is 14.6 Å². The molecule has 1 fully saturated rings. The molecule has 2 N–H and O–H groups in total. The Kier molecular flexibility index (Phi) is 4.97. The summed E-state index contributed by atoms with van der Waals surface area (Å²) >= 11 is 0. The van der Waals surface area contributed by atoms with E-state index in [4.69, 9.17) is 4.74 Å². The summed E-state index contributed by atoms with van der Waals surface area (Å²) in [6.07, 6.45) is 4.95. The van der Waals surface area contributed by atoms with Gasteiger partial charge in [0.15, 0.2) is 0 Å². The van der Waals surface area contributed by atoms with Gasteiger partial charge in [0.05, 0.1) is 24.5 Å². The highest BCUT2D eigenvalue weighted by atomic mass is 16.5. The van der Waals surface area contributed by atoms with Crippen LogP contribution in [0.4, 0.5) is 0 Å². The van der Waals surface area contributed by atoms with Crippen molar-refractivity contribution in [2.75, 3.05) is 13.2 Å². The predicted molar refractivity (Wildman–Crippen MR) is 90.9 cm³/mol. The normalized spacial score (nSPS) is 25.5. The molecule has 3 rings (SSSR count). The van der Waals surface area contributed by atoms with Crippen molar-refractivity contribution in [3.63, 3.8) is 0 Å². The van der Waals surface area contributed by atoms with Crippen LogP contribution in [0.5, 0.6) is 0 Å². The number of carbonyl (C=O) groups is 1. The molecule has 1 aromatic rings. The molecule has 1 aliphatic carbocycles. The number of hydrogen-bond acceptors (Lipinski definition) is 4. The lowest BCUT2D eigenvalue weighted by Gasteiger charge is -2.27. The summed E-state index contributed by atoms with van der Waals surface area (Å²) in [6.45, 7) is 7.35. The Balaban J connectivity index is 1.82. The molecule has 1 amide bonds. The van der Waals surface area contributed by atoms with Crippen molar-refractivity contribution in [1.82, 2.24) is 15.1 Å². The maximum absolute atomic E-state index is 12.9. The van der Waals surface area contributed by atoms with Crippen molar-refractivity contribution in [3.8, 4) is 0 Å². The van der Waals surface area contributed by atoms with E-state index in [1.165, 1.54) is 0 Å². The summed E-state index contributed by atoms with van der Waals surface area (Å²) in [7, 11) is 0. The van der Waals surface area contributed by atoms with Crippen LogP contribution in [0.1, 0.15) is 74.3 Å². The van der Waals surface area contributed by atoms with E-state index in [9.17, 15) is 9.90 Å². The highest BCUT2D eigenvalue weighted by Crippen LogP contribution is 2.37. The van der Waals surface area contributed by atoms with Crippen molar-refractivity contribution >= 4 is 5.91 Å². The Morgan fingerprint density at radius 3 is 2.75 bits per heavy atom. The number of aryl methyl sites for hydroxylation is 1. The van der Waals surface area contributed by atoms with Gasteiger partial charge in [-0.1, -0.05) is 12.8 Å². The van der Waals surface area contributed by atoms with Crippen molar-refractivity contribution in [2.45, 2.75) is 71.6 Å². The fraction of sp³-hybridized carbons (Fsp3) is 0.778. The third kappa shape index (κ3) is 3.09. The Hall–Kier alpha value is -1.40. The lowest BCUT2D eigenvalue weighted by atomic mass is 9.87. The molecule has 1 aliphatic heterocycles. The molecule has 6 nitrogen and oxygen atoms in total. The maximum Gasteiger partial charge on any atom is 0.269 e. The average molecular weight is 335 g/mol. The second-order valence-corrected chi connectivity index (χ2v) is 7.37. The van der Waals surface area contributed by atoms with Crippen LogP contribution in [0.25, 0.3) is 0 Å². The van der Waals surface area contributed by atoms with E-state index in [2.05, 4.69) is 10.4 Å². The largest absolute Gasteiger partial charge is 0.396 e. The molecular formula is C18H29N3O3. The van der Waals surface area contributed by atoms with E-state index in [1.807, 2.05) is 20.8 Å². The van der Waals surface area contributed by atoms with Crippen LogP contribution >= 0.6 is 0 Å². The van der Waals surface area contributed by atoms with Gasteiger partial charge in [-0.15, -0.1) is 0 Å². The molecule has 0 saturated heterocycles. The first-order chi connectivity index (χ1) is 11.5. The predicted octanol–water partition coefficient (Wildman–Crippen LogP) is 2.21. The van der Waals surface area contributed by atoms with Gasteiger partial charge in [-0.25, -0.2) is 0 Å². The molecule has 2 atom stereocenters. The Morgan fingerprint density at radius 1 is 1.42 bits per heavy atom. The number of hydrogen-bond donors (Lipinski definition) is 2. The first kappa shape index (κ1) is 17.4. The van der Waals surface area contributed by atoms with Crippen molar-refractivity contribution in [1.29, 1.82) is 0 Å². The van der Waals surface area contributed by atoms with Gasteiger partial charge in [-0.3, -0.25) is 9.48 Å². The average Bonchev–Trinajstić information content (AvgIpc) is 3.17. The molecule has 134 valence electrons. The summed E-state index contributed by atoms with van der Waals surface area (Å²) in [5, 5.41) is 17.4. The molecule has 0 spiro atoms. The fourth-order valence-electron chi connectivity index (χ4n) is 4.14. The molecule has 0 aromatic carbocycles. The number of amides is 1. The minimum absolute atomic E-state index is 0.0772. The molecule has 0 bridgehead atoms. The van der Waals surface area contributed by atoms with Crippen molar-refractivity contribution in [2.24, 2.45) is 5.41 Å². The van der Waals surface area contributed by atoms with Gasteiger partial charge in [-0.2, -0.15) is 5.10 Å². The van der Waals surface area contributed by atoms with Crippen LogP contribution in [0, 0.1) is 5.41 Å². The summed E-state index contributed by atoms with van der Waals surface area (Å²) in [5.41, 5.74) is 2.43. The molecule has 2 aliphatic rings. The molecule has 0 radical (unpaired) electrons. The van der Waals surface area contributed by atoms with Crippen LogP contribution in [0.3, 0.4) is 0 Å². The zero-order valence-corrected chi connectivity index (χ0v) is 15.0. The first-order valence-corrected chi connectivity index (χ1v) is 9.14. The summed E-state index contributed by atoms with van der Waals surface area (Å²) in [6, 6.07) is 0. The lowest BCUT2D eigenvalue weighted by molar-refractivity contribution is -0.00712. The summed E-state index contributed by atoms with van der Waals surface area (Å²) < 4.78 is 7.63. The number of ether oxygens (including phenoxy) is 1. The Morgan fingerprint density at radius 2 is 2.12 bits per heavy atom. The van der Waals surface area contributed by atoms with E-state index in [0.29, 0.717) is 25.2 Å². The maximum atomic E-state index is 12.9. The number of nitrogens with one attached hydrogen (secondary N) is 1.